The predicted octanol–water partition coefficient (Wildman–Crippen LogP) is 4.59. The standard InChI is InChI=1S/C13H14BrNS/c1-2-12(15)9-4-3-5-10(8-9)13-11(14)6-7-16-13/h3-8,12H,2,15H2,1H3. The van der Waals surface area contributed by atoms with Crippen LogP contribution in [0.4, 0.5) is 0 Å². The van der Waals surface area contributed by atoms with Crippen molar-refractivity contribution in [3.8, 4) is 10.4 Å². The van der Waals surface area contributed by atoms with E-state index < -0.39 is 0 Å². The van der Waals surface area contributed by atoms with Crippen molar-refractivity contribution in [1.82, 2.24) is 0 Å². The molecule has 0 saturated carbocycles. The molecular weight excluding hydrogens is 282 g/mol. The van der Waals surface area contributed by atoms with Crippen molar-refractivity contribution >= 4 is 27.3 Å². The number of thiophene rings is 1. The number of nitrogens with two attached hydrogens (primary N) is 1. The number of halogens is 1. The minimum atomic E-state index is 0.138. The van der Waals surface area contributed by atoms with Crippen molar-refractivity contribution in [2.45, 2.75) is 19.4 Å². The van der Waals surface area contributed by atoms with Crippen molar-refractivity contribution in [3.05, 3.63) is 45.7 Å². The Labute approximate surface area is 108 Å². The Morgan fingerprint density at radius 3 is 2.81 bits per heavy atom. The maximum Gasteiger partial charge on any atom is 0.0484 e. The first-order valence-corrected chi connectivity index (χ1v) is 6.98. The quantitative estimate of drug-likeness (QED) is 0.881. The van der Waals surface area contributed by atoms with Gasteiger partial charge in [-0.15, -0.1) is 11.3 Å². The predicted molar refractivity (Wildman–Crippen MR) is 74.7 cm³/mol. The maximum absolute atomic E-state index is 6.05. The Kier molecular flexibility index (Phi) is 3.79. The summed E-state index contributed by atoms with van der Waals surface area (Å²) in [4.78, 5) is 1.27. The zero-order valence-electron chi connectivity index (χ0n) is 9.11. The summed E-state index contributed by atoms with van der Waals surface area (Å²) in [5.41, 5.74) is 8.49. The van der Waals surface area contributed by atoms with Gasteiger partial charge in [-0.25, -0.2) is 0 Å². The summed E-state index contributed by atoms with van der Waals surface area (Å²) in [6, 6.07) is 10.7. The molecule has 1 atom stereocenters. The van der Waals surface area contributed by atoms with Crippen LogP contribution in [0.5, 0.6) is 0 Å². The van der Waals surface area contributed by atoms with Gasteiger partial charge in [0.15, 0.2) is 0 Å². The second kappa shape index (κ2) is 5.13. The van der Waals surface area contributed by atoms with E-state index in [-0.39, 0.29) is 6.04 Å². The molecule has 1 nitrogen and oxygen atoms in total. The summed E-state index contributed by atoms with van der Waals surface area (Å²) in [5, 5.41) is 2.09. The van der Waals surface area contributed by atoms with Crippen LogP contribution in [0.3, 0.4) is 0 Å². The van der Waals surface area contributed by atoms with Crippen LogP contribution in [-0.4, -0.2) is 0 Å². The average molecular weight is 296 g/mol. The van der Waals surface area contributed by atoms with E-state index in [1.807, 2.05) is 0 Å². The lowest BCUT2D eigenvalue weighted by molar-refractivity contribution is 0.699. The zero-order valence-corrected chi connectivity index (χ0v) is 11.5. The van der Waals surface area contributed by atoms with Gasteiger partial charge in [-0.1, -0.05) is 25.1 Å². The topological polar surface area (TPSA) is 26.0 Å². The third kappa shape index (κ3) is 2.37. The van der Waals surface area contributed by atoms with Gasteiger partial charge in [0, 0.05) is 15.4 Å². The van der Waals surface area contributed by atoms with Gasteiger partial charge in [0.05, 0.1) is 0 Å². The first-order chi connectivity index (χ1) is 7.72. The van der Waals surface area contributed by atoms with Gasteiger partial charge < -0.3 is 5.73 Å². The number of hydrogen-bond acceptors (Lipinski definition) is 2. The molecule has 16 heavy (non-hydrogen) atoms. The summed E-state index contributed by atoms with van der Waals surface area (Å²) in [5.74, 6) is 0. The third-order valence-corrected chi connectivity index (χ3v) is 4.52. The Bertz CT molecular complexity index is 478. The monoisotopic (exact) mass is 295 g/mol. The molecule has 0 amide bonds. The summed E-state index contributed by atoms with van der Waals surface area (Å²) < 4.78 is 1.15. The van der Waals surface area contributed by atoms with E-state index in [1.165, 1.54) is 16.0 Å². The van der Waals surface area contributed by atoms with Crippen molar-refractivity contribution < 1.29 is 0 Å². The molecule has 0 saturated heterocycles. The molecule has 84 valence electrons. The van der Waals surface area contributed by atoms with Crippen LogP contribution in [0.15, 0.2) is 40.2 Å². The summed E-state index contributed by atoms with van der Waals surface area (Å²) in [7, 11) is 0. The minimum absolute atomic E-state index is 0.138. The summed E-state index contributed by atoms with van der Waals surface area (Å²) in [6.45, 7) is 2.11. The second-order valence-corrected chi connectivity index (χ2v) is 5.51. The maximum atomic E-state index is 6.05. The molecule has 0 aliphatic heterocycles. The van der Waals surface area contributed by atoms with Crippen molar-refractivity contribution in [3.63, 3.8) is 0 Å². The van der Waals surface area contributed by atoms with Gasteiger partial charge in [0.1, 0.15) is 0 Å². The highest BCUT2D eigenvalue weighted by molar-refractivity contribution is 9.10. The molecule has 0 bridgehead atoms. The largest absolute Gasteiger partial charge is 0.324 e. The highest BCUT2D eigenvalue weighted by Gasteiger charge is 2.08. The van der Waals surface area contributed by atoms with Crippen LogP contribution in [0.1, 0.15) is 24.9 Å². The molecule has 0 aliphatic carbocycles. The van der Waals surface area contributed by atoms with Gasteiger partial charge in [-0.2, -0.15) is 0 Å². The molecule has 2 rings (SSSR count). The highest BCUT2D eigenvalue weighted by atomic mass is 79.9. The fourth-order valence-corrected chi connectivity index (χ4v) is 3.25. The van der Waals surface area contributed by atoms with Crippen LogP contribution in [-0.2, 0) is 0 Å². The minimum Gasteiger partial charge on any atom is -0.324 e. The summed E-state index contributed by atoms with van der Waals surface area (Å²) >= 11 is 5.30. The molecule has 0 spiro atoms. The zero-order chi connectivity index (χ0) is 11.5. The van der Waals surface area contributed by atoms with E-state index >= 15 is 0 Å². The van der Waals surface area contributed by atoms with Gasteiger partial charge in [-0.05, 0) is 51.0 Å². The van der Waals surface area contributed by atoms with Crippen LogP contribution in [0, 0.1) is 0 Å². The van der Waals surface area contributed by atoms with E-state index in [9.17, 15) is 0 Å². The van der Waals surface area contributed by atoms with Crippen molar-refractivity contribution in [2.24, 2.45) is 5.73 Å². The molecule has 1 aromatic carbocycles. The SMILES string of the molecule is CCC(N)c1cccc(-c2sccc2Br)c1. The Morgan fingerprint density at radius 2 is 2.19 bits per heavy atom. The van der Waals surface area contributed by atoms with Crippen molar-refractivity contribution in [1.29, 1.82) is 0 Å². The molecule has 0 fully saturated rings. The van der Waals surface area contributed by atoms with Gasteiger partial charge in [0.25, 0.3) is 0 Å². The van der Waals surface area contributed by atoms with Crippen molar-refractivity contribution in [2.75, 3.05) is 0 Å². The number of hydrogen-bond donors (Lipinski definition) is 1. The Hall–Kier alpha value is -0.640. The van der Waals surface area contributed by atoms with E-state index in [4.69, 9.17) is 5.73 Å². The molecule has 2 N–H and O–H groups in total. The molecule has 3 heteroatoms. The number of benzene rings is 1. The first kappa shape index (κ1) is 11.8. The first-order valence-electron chi connectivity index (χ1n) is 5.31. The molecular formula is C13H14BrNS. The molecule has 1 heterocycles. The highest BCUT2D eigenvalue weighted by Crippen LogP contribution is 2.34. The van der Waals surface area contributed by atoms with Crippen LogP contribution < -0.4 is 5.73 Å². The van der Waals surface area contributed by atoms with Crippen LogP contribution >= 0.6 is 27.3 Å². The third-order valence-electron chi connectivity index (χ3n) is 2.63. The van der Waals surface area contributed by atoms with Gasteiger partial charge in [-0.3, -0.25) is 0 Å². The smallest absolute Gasteiger partial charge is 0.0484 e. The summed E-state index contributed by atoms with van der Waals surface area (Å²) in [6.07, 6.45) is 0.967. The Balaban J connectivity index is 2.40. The van der Waals surface area contributed by atoms with Gasteiger partial charge >= 0.3 is 0 Å². The van der Waals surface area contributed by atoms with E-state index in [2.05, 4.69) is 58.6 Å². The number of rotatable bonds is 3. The molecule has 1 aromatic heterocycles. The molecule has 0 radical (unpaired) electrons. The fraction of sp³-hybridized carbons (Fsp3) is 0.231. The molecule has 0 aliphatic rings. The van der Waals surface area contributed by atoms with Crippen LogP contribution in [0.25, 0.3) is 10.4 Å². The fourth-order valence-electron chi connectivity index (χ4n) is 1.65. The molecule has 2 aromatic rings. The van der Waals surface area contributed by atoms with E-state index in [0.29, 0.717) is 0 Å². The van der Waals surface area contributed by atoms with Crippen LogP contribution in [0.2, 0.25) is 0 Å². The lowest BCUT2D eigenvalue weighted by Gasteiger charge is -2.10. The lowest BCUT2D eigenvalue weighted by Crippen LogP contribution is -2.08. The normalized spacial score (nSPS) is 12.7. The van der Waals surface area contributed by atoms with E-state index in [1.54, 1.807) is 11.3 Å². The Morgan fingerprint density at radius 1 is 1.38 bits per heavy atom. The average Bonchev–Trinajstić information content (AvgIpc) is 2.74. The second-order valence-electron chi connectivity index (χ2n) is 3.74. The lowest BCUT2D eigenvalue weighted by atomic mass is 10.0. The molecule has 1 unspecified atom stereocenters. The van der Waals surface area contributed by atoms with E-state index in [0.717, 1.165) is 10.9 Å². The van der Waals surface area contributed by atoms with Gasteiger partial charge in [0.2, 0.25) is 0 Å².